The van der Waals surface area contributed by atoms with Crippen LogP contribution >= 0.6 is 11.6 Å². The standard InChI is InChI=1S/C17H17ClN4O/c1-11-9-14(10-20-21-17(23)7-8-19)13(3)22(11)16-6-4-5-15(18)12(16)2/h4-6,9-10H,7H2,1-3H3,(H,21,23)/b20-10-. The van der Waals surface area contributed by atoms with Crippen molar-refractivity contribution in [2.24, 2.45) is 5.10 Å². The van der Waals surface area contributed by atoms with E-state index in [9.17, 15) is 4.79 Å². The molecule has 0 radical (unpaired) electrons. The van der Waals surface area contributed by atoms with E-state index in [0.29, 0.717) is 5.02 Å². The molecule has 5 nitrogen and oxygen atoms in total. The third kappa shape index (κ3) is 3.61. The van der Waals surface area contributed by atoms with E-state index in [1.807, 2.05) is 45.0 Å². The topological polar surface area (TPSA) is 70.2 Å². The van der Waals surface area contributed by atoms with Crippen LogP contribution in [-0.4, -0.2) is 16.7 Å². The number of halogens is 1. The van der Waals surface area contributed by atoms with Crippen LogP contribution in [0.2, 0.25) is 5.02 Å². The maximum Gasteiger partial charge on any atom is 0.254 e. The highest BCUT2D eigenvalue weighted by atomic mass is 35.5. The molecule has 2 aromatic rings. The van der Waals surface area contributed by atoms with Crippen LogP contribution in [0.1, 0.15) is 28.9 Å². The lowest BCUT2D eigenvalue weighted by Crippen LogP contribution is -2.16. The Morgan fingerprint density at radius 1 is 1.43 bits per heavy atom. The molecule has 1 aromatic carbocycles. The van der Waals surface area contributed by atoms with Crippen molar-refractivity contribution >= 4 is 23.7 Å². The van der Waals surface area contributed by atoms with Gasteiger partial charge in [0.15, 0.2) is 0 Å². The minimum Gasteiger partial charge on any atom is -0.318 e. The van der Waals surface area contributed by atoms with E-state index in [2.05, 4.69) is 15.1 Å². The van der Waals surface area contributed by atoms with E-state index in [4.69, 9.17) is 16.9 Å². The molecule has 0 saturated heterocycles. The van der Waals surface area contributed by atoms with Crippen molar-refractivity contribution < 1.29 is 4.79 Å². The summed E-state index contributed by atoms with van der Waals surface area (Å²) in [6.07, 6.45) is 1.37. The molecular formula is C17H17ClN4O. The van der Waals surface area contributed by atoms with Crippen LogP contribution in [0.4, 0.5) is 0 Å². The SMILES string of the molecule is Cc1c(Cl)cccc1-n1c(C)cc(/C=N\NC(=O)CC#N)c1C. The van der Waals surface area contributed by atoms with Crippen LogP contribution in [0.25, 0.3) is 5.69 Å². The third-order valence-electron chi connectivity index (χ3n) is 3.58. The molecular weight excluding hydrogens is 312 g/mol. The number of hydrogen-bond donors (Lipinski definition) is 1. The molecule has 0 aliphatic rings. The second-order valence-corrected chi connectivity index (χ2v) is 5.58. The van der Waals surface area contributed by atoms with Gasteiger partial charge in [0.05, 0.1) is 12.3 Å². The van der Waals surface area contributed by atoms with Gasteiger partial charge in [-0.3, -0.25) is 4.79 Å². The highest BCUT2D eigenvalue weighted by Crippen LogP contribution is 2.26. The monoisotopic (exact) mass is 328 g/mol. The molecule has 1 heterocycles. The molecule has 1 N–H and O–H groups in total. The van der Waals surface area contributed by atoms with Crippen molar-refractivity contribution in [1.29, 1.82) is 5.26 Å². The molecule has 118 valence electrons. The van der Waals surface area contributed by atoms with Crippen molar-refractivity contribution in [1.82, 2.24) is 9.99 Å². The Labute approximate surface area is 140 Å². The normalized spacial score (nSPS) is 10.7. The van der Waals surface area contributed by atoms with Crippen molar-refractivity contribution in [2.45, 2.75) is 27.2 Å². The zero-order valence-corrected chi connectivity index (χ0v) is 14.0. The minimum atomic E-state index is -0.428. The average molecular weight is 329 g/mol. The van der Waals surface area contributed by atoms with Crippen molar-refractivity contribution in [3.05, 3.63) is 51.8 Å². The first-order valence-electron chi connectivity index (χ1n) is 7.09. The van der Waals surface area contributed by atoms with E-state index < -0.39 is 5.91 Å². The summed E-state index contributed by atoms with van der Waals surface area (Å²) in [5.41, 5.74) is 7.26. The molecule has 0 fully saturated rings. The lowest BCUT2D eigenvalue weighted by molar-refractivity contribution is -0.120. The second-order valence-electron chi connectivity index (χ2n) is 5.17. The first-order valence-corrected chi connectivity index (χ1v) is 7.46. The number of nitriles is 1. The molecule has 0 spiro atoms. The Balaban J connectivity index is 2.34. The summed E-state index contributed by atoms with van der Waals surface area (Å²) in [6, 6.07) is 9.54. The molecule has 0 unspecified atom stereocenters. The lowest BCUT2D eigenvalue weighted by Gasteiger charge is -2.13. The number of carbonyl (C=O) groups is 1. The fourth-order valence-corrected chi connectivity index (χ4v) is 2.58. The van der Waals surface area contributed by atoms with Gasteiger partial charge in [-0.05, 0) is 44.5 Å². The van der Waals surface area contributed by atoms with Crippen LogP contribution < -0.4 is 5.43 Å². The molecule has 1 amide bonds. The van der Waals surface area contributed by atoms with Crippen molar-refractivity contribution in [3.63, 3.8) is 0 Å². The van der Waals surface area contributed by atoms with Gasteiger partial charge in [-0.1, -0.05) is 17.7 Å². The Hall–Kier alpha value is -2.58. The van der Waals surface area contributed by atoms with Crippen LogP contribution in [0.3, 0.4) is 0 Å². The average Bonchev–Trinajstić information content (AvgIpc) is 2.77. The van der Waals surface area contributed by atoms with Gasteiger partial charge in [0.1, 0.15) is 6.42 Å². The first-order chi connectivity index (χ1) is 11.0. The zero-order chi connectivity index (χ0) is 17.0. The molecule has 23 heavy (non-hydrogen) atoms. The summed E-state index contributed by atoms with van der Waals surface area (Å²) in [5, 5.41) is 13.0. The van der Waals surface area contributed by atoms with Gasteiger partial charge in [0, 0.05) is 27.7 Å². The molecule has 0 atom stereocenters. The number of carbonyl (C=O) groups excluding carboxylic acids is 1. The minimum absolute atomic E-state index is 0.210. The number of hydrogen-bond acceptors (Lipinski definition) is 3. The van der Waals surface area contributed by atoms with Crippen LogP contribution in [0, 0.1) is 32.1 Å². The molecule has 0 aliphatic carbocycles. The van der Waals surface area contributed by atoms with Crippen LogP contribution in [-0.2, 0) is 4.79 Å². The number of amides is 1. The van der Waals surface area contributed by atoms with Gasteiger partial charge in [0.2, 0.25) is 0 Å². The summed E-state index contributed by atoms with van der Waals surface area (Å²) < 4.78 is 2.10. The number of rotatable bonds is 4. The molecule has 1 aromatic heterocycles. The number of hydrazone groups is 1. The Morgan fingerprint density at radius 2 is 2.17 bits per heavy atom. The Morgan fingerprint density at radius 3 is 2.87 bits per heavy atom. The zero-order valence-electron chi connectivity index (χ0n) is 13.2. The van der Waals surface area contributed by atoms with E-state index in [0.717, 1.165) is 28.2 Å². The molecule has 6 heteroatoms. The summed E-state index contributed by atoms with van der Waals surface area (Å²) in [5.74, 6) is -0.428. The van der Waals surface area contributed by atoms with Gasteiger partial charge in [0.25, 0.3) is 5.91 Å². The Kier molecular flexibility index (Phi) is 5.20. The fourth-order valence-electron chi connectivity index (χ4n) is 2.41. The van der Waals surface area contributed by atoms with Gasteiger partial charge < -0.3 is 4.57 Å². The van der Waals surface area contributed by atoms with Crippen molar-refractivity contribution in [3.8, 4) is 11.8 Å². The highest BCUT2D eigenvalue weighted by molar-refractivity contribution is 6.31. The third-order valence-corrected chi connectivity index (χ3v) is 3.99. The Bertz CT molecular complexity index is 815. The maximum atomic E-state index is 11.2. The number of aromatic nitrogens is 1. The smallest absolute Gasteiger partial charge is 0.254 e. The van der Waals surface area contributed by atoms with Gasteiger partial charge >= 0.3 is 0 Å². The van der Waals surface area contributed by atoms with Crippen molar-refractivity contribution in [2.75, 3.05) is 0 Å². The van der Waals surface area contributed by atoms with Crippen LogP contribution in [0.15, 0.2) is 29.4 Å². The summed E-state index contributed by atoms with van der Waals surface area (Å²) in [4.78, 5) is 11.2. The largest absolute Gasteiger partial charge is 0.318 e. The van der Waals surface area contributed by atoms with Gasteiger partial charge in [-0.2, -0.15) is 10.4 Å². The van der Waals surface area contributed by atoms with E-state index >= 15 is 0 Å². The predicted molar refractivity (Wildman–Crippen MR) is 91.0 cm³/mol. The summed E-state index contributed by atoms with van der Waals surface area (Å²) in [7, 11) is 0. The van der Waals surface area contributed by atoms with E-state index in [1.165, 1.54) is 0 Å². The van der Waals surface area contributed by atoms with E-state index in [-0.39, 0.29) is 6.42 Å². The fraction of sp³-hybridized carbons (Fsp3) is 0.235. The highest BCUT2D eigenvalue weighted by Gasteiger charge is 2.12. The van der Waals surface area contributed by atoms with Crippen LogP contribution in [0.5, 0.6) is 0 Å². The second kappa shape index (κ2) is 7.12. The lowest BCUT2D eigenvalue weighted by atomic mass is 10.2. The number of aryl methyl sites for hydroxylation is 1. The maximum absolute atomic E-state index is 11.2. The number of nitrogens with one attached hydrogen (secondary N) is 1. The molecule has 0 saturated carbocycles. The number of nitrogens with zero attached hydrogens (tertiary/aromatic N) is 3. The summed E-state index contributed by atoms with van der Waals surface area (Å²) in [6.45, 7) is 5.96. The quantitative estimate of drug-likeness (QED) is 0.690. The van der Waals surface area contributed by atoms with Gasteiger partial charge in [-0.15, -0.1) is 0 Å². The van der Waals surface area contributed by atoms with Gasteiger partial charge in [-0.25, -0.2) is 5.43 Å². The predicted octanol–water partition coefficient (Wildman–Crippen LogP) is 3.42. The molecule has 2 rings (SSSR count). The van der Waals surface area contributed by atoms with E-state index in [1.54, 1.807) is 12.3 Å². The number of benzene rings is 1. The molecule has 0 aliphatic heterocycles. The first kappa shape index (κ1) is 16.8. The molecule has 0 bridgehead atoms. The summed E-state index contributed by atoms with van der Waals surface area (Å²) >= 11 is 6.21.